The minimum Gasteiger partial charge on any atom is -0.497 e. The Morgan fingerprint density at radius 3 is 2.55 bits per heavy atom. The molecule has 1 aliphatic carbocycles. The molecule has 6 heteroatoms. The quantitative estimate of drug-likeness (QED) is 0.527. The number of carbonyl (C=O) groups is 2. The van der Waals surface area contributed by atoms with Gasteiger partial charge in [-0.2, -0.15) is 0 Å². The molecule has 0 unspecified atom stereocenters. The van der Waals surface area contributed by atoms with Gasteiger partial charge in [-0.05, 0) is 49.9 Å². The maximum atomic E-state index is 13.3. The van der Waals surface area contributed by atoms with E-state index in [1.807, 2.05) is 37.3 Å². The fourth-order valence-electron chi connectivity index (χ4n) is 4.26. The van der Waals surface area contributed by atoms with E-state index in [1.54, 1.807) is 23.8 Å². The normalized spacial score (nSPS) is 15.0. The van der Waals surface area contributed by atoms with E-state index in [0.29, 0.717) is 12.3 Å². The van der Waals surface area contributed by atoms with Crippen molar-refractivity contribution >= 4 is 23.6 Å². The summed E-state index contributed by atoms with van der Waals surface area (Å²) in [7, 11) is 1.63. The molecule has 2 aromatic carbocycles. The van der Waals surface area contributed by atoms with Crippen molar-refractivity contribution in [2.24, 2.45) is 0 Å². The van der Waals surface area contributed by atoms with Crippen LogP contribution in [-0.4, -0.2) is 41.7 Å². The third-order valence-corrected chi connectivity index (χ3v) is 7.17. The van der Waals surface area contributed by atoms with E-state index in [-0.39, 0.29) is 17.9 Å². The van der Waals surface area contributed by atoms with Crippen molar-refractivity contribution in [3.05, 3.63) is 65.2 Å². The number of hydrogen-bond acceptors (Lipinski definition) is 4. The number of hydrogen-bond donors (Lipinski definition) is 1. The van der Waals surface area contributed by atoms with Gasteiger partial charge in [-0.15, -0.1) is 11.8 Å². The molecule has 178 valence electrons. The Morgan fingerprint density at radius 2 is 1.82 bits per heavy atom. The Morgan fingerprint density at radius 1 is 1.09 bits per heavy atom. The molecule has 1 N–H and O–H groups in total. The van der Waals surface area contributed by atoms with Crippen LogP contribution in [0.5, 0.6) is 5.75 Å². The van der Waals surface area contributed by atoms with Gasteiger partial charge >= 0.3 is 0 Å². The predicted molar refractivity (Wildman–Crippen MR) is 135 cm³/mol. The second kappa shape index (κ2) is 12.7. The van der Waals surface area contributed by atoms with Gasteiger partial charge in [-0.3, -0.25) is 9.59 Å². The standard InChI is InChI=1S/C27H36N2O3S/c1-20-9-7-11-23(15-20)18-33-19-26(30)29(17-22-10-8-14-25(16-22)32-3)21(2)27(31)28-24-12-5-4-6-13-24/h7-11,14-16,21,24H,4-6,12-13,17-19H2,1-3H3,(H,28,31)/t21-/m0/s1. The van der Waals surface area contributed by atoms with Crippen molar-refractivity contribution in [1.82, 2.24) is 10.2 Å². The van der Waals surface area contributed by atoms with Crippen LogP contribution in [-0.2, 0) is 21.9 Å². The van der Waals surface area contributed by atoms with Crippen LogP contribution in [0, 0.1) is 6.92 Å². The Kier molecular flexibility index (Phi) is 9.67. The van der Waals surface area contributed by atoms with Crippen molar-refractivity contribution in [3.8, 4) is 5.75 Å². The number of ether oxygens (including phenoxy) is 1. The van der Waals surface area contributed by atoms with Crippen LogP contribution < -0.4 is 10.1 Å². The third-order valence-electron chi connectivity index (χ3n) is 6.18. The molecule has 2 amide bonds. The molecule has 1 atom stereocenters. The molecule has 3 rings (SSSR count). The molecule has 0 aliphatic heterocycles. The van der Waals surface area contributed by atoms with Gasteiger partial charge in [0.2, 0.25) is 11.8 Å². The van der Waals surface area contributed by atoms with Gasteiger partial charge in [0, 0.05) is 18.3 Å². The minimum absolute atomic E-state index is 0.0261. The lowest BCUT2D eigenvalue weighted by Crippen LogP contribution is -2.50. The number of thioether (sulfide) groups is 1. The zero-order valence-electron chi connectivity index (χ0n) is 20.0. The SMILES string of the molecule is COc1cccc(CN(C(=O)CSCc2cccc(C)c2)[C@@H](C)C(=O)NC2CCCCC2)c1. The maximum absolute atomic E-state index is 13.3. The Labute approximate surface area is 202 Å². The van der Waals surface area contributed by atoms with Crippen LogP contribution in [0.1, 0.15) is 55.7 Å². The lowest BCUT2D eigenvalue weighted by molar-refractivity contribution is -0.139. The molecule has 0 heterocycles. The van der Waals surface area contributed by atoms with E-state index in [0.717, 1.165) is 42.7 Å². The highest BCUT2D eigenvalue weighted by molar-refractivity contribution is 7.99. The molecule has 1 fully saturated rings. The zero-order valence-corrected chi connectivity index (χ0v) is 20.8. The van der Waals surface area contributed by atoms with Crippen LogP contribution in [0.3, 0.4) is 0 Å². The van der Waals surface area contributed by atoms with Crippen LogP contribution in [0.4, 0.5) is 0 Å². The number of carbonyl (C=O) groups excluding carboxylic acids is 2. The molecule has 0 aromatic heterocycles. The predicted octanol–water partition coefficient (Wildman–Crippen LogP) is 5.10. The molecule has 0 bridgehead atoms. The van der Waals surface area contributed by atoms with Crippen molar-refractivity contribution < 1.29 is 14.3 Å². The van der Waals surface area contributed by atoms with Crippen molar-refractivity contribution in [3.63, 3.8) is 0 Å². The first-order chi connectivity index (χ1) is 16.0. The lowest BCUT2D eigenvalue weighted by atomic mass is 9.95. The number of amides is 2. The van der Waals surface area contributed by atoms with Gasteiger partial charge in [0.05, 0.1) is 12.9 Å². The largest absolute Gasteiger partial charge is 0.497 e. The summed E-state index contributed by atoms with van der Waals surface area (Å²) in [5.41, 5.74) is 3.37. The van der Waals surface area contributed by atoms with Crippen LogP contribution in [0.25, 0.3) is 0 Å². The number of nitrogens with zero attached hydrogens (tertiary/aromatic N) is 1. The summed E-state index contributed by atoms with van der Waals surface area (Å²) in [5, 5.41) is 3.19. The molecular weight excluding hydrogens is 432 g/mol. The zero-order chi connectivity index (χ0) is 23.6. The van der Waals surface area contributed by atoms with Crippen LogP contribution in [0.2, 0.25) is 0 Å². The van der Waals surface area contributed by atoms with Crippen LogP contribution in [0.15, 0.2) is 48.5 Å². The number of rotatable bonds is 10. The van der Waals surface area contributed by atoms with Crippen molar-refractivity contribution in [2.75, 3.05) is 12.9 Å². The summed E-state index contributed by atoms with van der Waals surface area (Å²) < 4.78 is 5.34. The van der Waals surface area contributed by atoms with Gasteiger partial charge in [-0.1, -0.05) is 61.2 Å². The topological polar surface area (TPSA) is 58.6 Å². The number of benzene rings is 2. The van der Waals surface area contributed by atoms with Gasteiger partial charge in [0.25, 0.3) is 0 Å². The summed E-state index contributed by atoms with van der Waals surface area (Å²) in [6.45, 7) is 4.28. The van der Waals surface area contributed by atoms with E-state index in [4.69, 9.17) is 4.74 Å². The molecule has 2 aromatic rings. The third kappa shape index (κ3) is 7.81. The van der Waals surface area contributed by atoms with Gasteiger partial charge in [0.1, 0.15) is 11.8 Å². The number of methoxy groups -OCH3 is 1. The van der Waals surface area contributed by atoms with E-state index >= 15 is 0 Å². The Hall–Kier alpha value is -2.47. The molecule has 1 aliphatic rings. The smallest absolute Gasteiger partial charge is 0.242 e. The van der Waals surface area contributed by atoms with E-state index in [9.17, 15) is 9.59 Å². The monoisotopic (exact) mass is 468 g/mol. The van der Waals surface area contributed by atoms with E-state index < -0.39 is 6.04 Å². The van der Waals surface area contributed by atoms with Crippen molar-refractivity contribution in [2.45, 2.75) is 70.3 Å². The Balaban J connectivity index is 1.67. The van der Waals surface area contributed by atoms with E-state index in [1.165, 1.54) is 17.5 Å². The summed E-state index contributed by atoms with van der Waals surface area (Å²) in [6, 6.07) is 15.7. The highest BCUT2D eigenvalue weighted by atomic mass is 32.2. The van der Waals surface area contributed by atoms with Gasteiger partial charge in [-0.25, -0.2) is 0 Å². The first kappa shape index (κ1) is 25.2. The number of aryl methyl sites for hydroxylation is 1. The minimum atomic E-state index is -0.537. The molecular formula is C27H36N2O3S. The van der Waals surface area contributed by atoms with Crippen LogP contribution >= 0.6 is 11.8 Å². The highest BCUT2D eigenvalue weighted by Gasteiger charge is 2.28. The fourth-order valence-corrected chi connectivity index (χ4v) is 5.12. The molecule has 0 radical (unpaired) electrons. The molecule has 33 heavy (non-hydrogen) atoms. The second-order valence-corrected chi connectivity index (χ2v) is 9.86. The maximum Gasteiger partial charge on any atom is 0.242 e. The summed E-state index contributed by atoms with van der Waals surface area (Å²) in [6.07, 6.45) is 5.59. The Bertz CT molecular complexity index is 927. The first-order valence-electron chi connectivity index (χ1n) is 11.8. The van der Waals surface area contributed by atoms with Gasteiger partial charge in [0.15, 0.2) is 0 Å². The van der Waals surface area contributed by atoms with Crippen molar-refractivity contribution in [1.29, 1.82) is 0 Å². The van der Waals surface area contributed by atoms with E-state index in [2.05, 4.69) is 30.4 Å². The molecule has 0 saturated heterocycles. The van der Waals surface area contributed by atoms with Gasteiger partial charge < -0.3 is 15.0 Å². The second-order valence-electron chi connectivity index (χ2n) is 8.87. The fraction of sp³-hybridized carbons (Fsp3) is 0.481. The summed E-state index contributed by atoms with van der Waals surface area (Å²) >= 11 is 1.59. The summed E-state index contributed by atoms with van der Waals surface area (Å²) in [5.74, 6) is 1.75. The molecule has 5 nitrogen and oxygen atoms in total. The average Bonchev–Trinajstić information content (AvgIpc) is 2.83. The lowest BCUT2D eigenvalue weighted by Gasteiger charge is -2.31. The highest BCUT2D eigenvalue weighted by Crippen LogP contribution is 2.21. The average molecular weight is 469 g/mol. The molecule has 1 saturated carbocycles. The first-order valence-corrected chi connectivity index (χ1v) is 13.0. The summed E-state index contributed by atoms with van der Waals surface area (Å²) in [4.78, 5) is 28.1. The molecule has 0 spiro atoms. The number of nitrogens with one attached hydrogen (secondary N) is 1.